The Balaban J connectivity index is 2.11. The Morgan fingerprint density at radius 2 is 2.24 bits per heavy atom. The predicted octanol–water partition coefficient (Wildman–Crippen LogP) is 3.26. The molecule has 0 unspecified atom stereocenters. The van der Waals surface area contributed by atoms with Gasteiger partial charge in [0.2, 0.25) is 5.95 Å². The van der Waals surface area contributed by atoms with E-state index in [0.717, 1.165) is 12.8 Å². The molecule has 0 atom stereocenters. The van der Waals surface area contributed by atoms with Crippen LogP contribution in [0.4, 0.5) is 4.39 Å². The SMILES string of the molecule is C=Cc1ccc(-c2c(C(=O)OCC)cnn2C2CCOCC2)c(F)n1. The number of hydrogen-bond acceptors (Lipinski definition) is 5. The van der Waals surface area contributed by atoms with Crippen molar-refractivity contribution in [3.8, 4) is 11.3 Å². The number of pyridine rings is 1. The molecule has 0 bridgehead atoms. The first-order chi connectivity index (χ1) is 12.2. The quantitative estimate of drug-likeness (QED) is 0.615. The fraction of sp³-hybridized carbons (Fsp3) is 0.389. The first-order valence-electron chi connectivity index (χ1n) is 8.27. The van der Waals surface area contributed by atoms with Crippen LogP contribution in [0.1, 0.15) is 41.9 Å². The van der Waals surface area contributed by atoms with E-state index in [2.05, 4.69) is 16.7 Å². The molecular weight excluding hydrogens is 325 g/mol. The number of aromatic nitrogens is 3. The summed E-state index contributed by atoms with van der Waals surface area (Å²) in [6, 6.07) is 3.28. The maximum atomic E-state index is 14.6. The van der Waals surface area contributed by atoms with Crippen LogP contribution in [0.5, 0.6) is 0 Å². The van der Waals surface area contributed by atoms with E-state index >= 15 is 0 Å². The highest BCUT2D eigenvalue weighted by molar-refractivity contribution is 5.96. The third-order valence-electron chi connectivity index (χ3n) is 4.16. The van der Waals surface area contributed by atoms with E-state index in [0.29, 0.717) is 24.6 Å². The molecule has 0 aliphatic carbocycles. The summed E-state index contributed by atoms with van der Waals surface area (Å²) in [5, 5.41) is 4.35. The second-order valence-corrected chi connectivity index (χ2v) is 5.69. The van der Waals surface area contributed by atoms with Crippen LogP contribution in [0.2, 0.25) is 0 Å². The number of ether oxygens (including phenoxy) is 2. The molecule has 0 N–H and O–H groups in total. The Morgan fingerprint density at radius 3 is 2.88 bits per heavy atom. The molecule has 3 rings (SSSR count). The summed E-state index contributed by atoms with van der Waals surface area (Å²) < 4.78 is 26.8. The van der Waals surface area contributed by atoms with Gasteiger partial charge in [-0.05, 0) is 38.0 Å². The van der Waals surface area contributed by atoms with Crippen LogP contribution in [0.3, 0.4) is 0 Å². The van der Waals surface area contributed by atoms with Gasteiger partial charge in [-0.3, -0.25) is 4.68 Å². The molecule has 0 amide bonds. The van der Waals surface area contributed by atoms with Crippen LogP contribution < -0.4 is 0 Å². The van der Waals surface area contributed by atoms with Gasteiger partial charge in [-0.1, -0.05) is 6.58 Å². The summed E-state index contributed by atoms with van der Waals surface area (Å²) in [5.74, 6) is -1.19. The number of carbonyl (C=O) groups is 1. The van der Waals surface area contributed by atoms with Gasteiger partial charge in [0.05, 0.1) is 35.8 Å². The summed E-state index contributed by atoms with van der Waals surface area (Å²) in [5.41, 5.74) is 1.28. The number of esters is 1. The minimum atomic E-state index is -0.670. The summed E-state index contributed by atoms with van der Waals surface area (Å²) in [4.78, 5) is 16.2. The van der Waals surface area contributed by atoms with E-state index in [9.17, 15) is 9.18 Å². The van der Waals surface area contributed by atoms with Crippen LogP contribution in [0.15, 0.2) is 24.9 Å². The van der Waals surface area contributed by atoms with Gasteiger partial charge in [0.15, 0.2) is 0 Å². The number of hydrogen-bond donors (Lipinski definition) is 0. The van der Waals surface area contributed by atoms with E-state index in [4.69, 9.17) is 9.47 Å². The highest BCUT2D eigenvalue weighted by atomic mass is 19.1. The van der Waals surface area contributed by atoms with Gasteiger partial charge in [-0.25, -0.2) is 9.78 Å². The molecule has 1 aliphatic heterocycles. The largest absolute Gasteiger partial charge is 0.462 e. The Hall–Kier alpha value is -2.54. The maximum absolute atomic E-state index is 14.6. The molecule has 1 saturated heterocycles. The van der Waals surface area contributed by atoms with Crippen molar-refractivity contribution in [1.82, 2.24) is 14.8 Å². The lowest BCUT2D eigenvalue weighted by Gasteiger charge is -2.24. The lowest BCUT2D eigenvalue weighted by atomic mass is 10.1. The molecule has 0 spiro atoms. The van der Waals surface area contributed by atoms with E-state index in [1.54, 1.807) is 23.7 Å². The van der Waals surface area contributed by atoms with Gasteiger partial charge in [-0.2, -0.15) is 9.49 Å². The van der Waals surface area contributed by atoms with Crippen molar-refractivity contribution in [2.24, 2.45) is 0 Å². The zero-order chi connectivity index (χ0) is 17.8. The van der Waals surface area contributed by atoms with Crippen LogP contribution >= 0.6 is 0 Å². The smallest absolute Gasteiger partial charge is 0.341 e. The topological polar surface area (TPSA) is 66.2 Å². The van der Waals surface area contributed by atoms with Gasteiger partial charge >= 0.3 is 5.97 Å². The first kappa shape index (κ1) is 17.3. The van der Waals surface area contributed by atoms with Crippen molar-refractivity contribution in [2.45, 2.75) is 25.8 Å². The van der Waals surface area contributed by atoms with Crippen molar-refractivity contribution in [3.05, 3.63) is 42.1 Å². The number of nitrogens with zero attached hydrogens (tertiary/aromatic N) is 3. The zero-order valence-electron chi connectivity index (χ0n) is 14.1. The summed E-state index contributed by atoms with van der Waals surface area (Å²) in [6.45, 7) is 6.76. The summed E-state index contributed by atoms with van der Waals surface area (Å²) in [7, 11) is 0. The van der Waals surface area contributed by atoms with Crippen molar-refractivity contribution >= 4 is 12.0 Å². The van der Waals surface area contributed by atoms with E-state index < -0.39 is 11.9 Å². The van der Waals surface area contributed by atoms with Crippen LogP contribution in [-0.2, 0) is 9.47 Å². The second kappa shape index (κ2) is 7.57. The molecule has 132 valence electrons. The van der Waals surface area contributed by atoms with Crippen LogP contribution in [-0.4, -0.2) is 40.6 Å². The van der Waals surface area contributed by atoms with Crippen molar-refractivity contribution in [2.75, 3.05) is 19.8 Å². The minimum Gasteiger partial charge on any atom is -0.462 e. The van der Waals surface area contributed by atoms with Gasteiger partial charge in [-0.15, -0.1) is 0 Å². The summed E-state index contributed by atoms with van der Waals surface area (Å²) in [6.07, 6.45) is 4.39. The molecule has 6 nitrogen and oxygen atoms in total. The molecule has 3 heterocycles. The Bertz CT molecular complexity index is 782. The van der Waals surface area contributed by atoms with E-state index in [1.807, 2.05) is 0 Å². The predicted molar refractivity (Wildman–Crippen MR) is 90.6 cm³/mol. The molecule has 0 aromatic carbocycles. The molecule has 2 aromatic heterocycles. The Morgan fingerprint density at radius 1 is 1.48 bits per heavy atom. The minimum absolute atomic E-state index is 0.0328. The van der Waals surface area contributed by atoms with Gasteiger partial charge in [0.1, 0.15) is 5.56 Å². The summed E-state index contributed by atoms with van der Waals surface area (Å²) >= 11 is 0. The monoisotopic (exact) mass is 345 g/mol. The lowest BCUT2D eigenvalue weighted by Crippen LogP contribution is -2.21. The van der Waals surface area contributed by atoms with Gasteiger partial charge in [0, 0.05) is 13.2 Å². The number of carbonyl (C=O) groups excluding carboxylic acids is 1. The molecule has 0 radical (unpaired) electrons. The molecule has 1 aliphatic rings. The maximum Gasteiger partial charge on any atom is 0.341 e. The van der Waals surface area contributed by atoms with Crippen LogP contribution in [0, 0.1) is 5.95 Å². The highest BCUT2D eigenvalue weighted by Crippen LogP contribution is 2.32. The normalized spacial score (nSPS) is 15.1. The molecule has 0 saturated carbocycles. The zero-order valence-corrected chi connectivity index (χ0v) is 14.1. The van der Waals surface area contributed by atoms with Gasteiger partial charge < -0.3 is 9.47 Å². The van der Waals surface area contributed by atoms with Gasteiger partial charge in [0.25, 0.3) is 0 Å². The van der Waals surface area contributed by atoms with Crippen molar-refractivity contribution in [3.63, 3.8) is 0 Å². The lowest BCUT2D eigenvalue weighted by molar-refractivity contribution is 0.0526. The molecule has 2 aromatic rings. The third kappa shape index (κ3) is 3.46. The number of halogens is 1. The first-order valence-corrected chi connectivity index (χ1v) is 8.27. The van der Waals surface area contributed by atoms with Crippen LogP contribution in [0.25, 0.3) is 17.3 Å². The average Bonchev–Trinajstić information content (AvgIpc) is 3.07. The second-order valence-electron chi connectivity index (χ2n) is 5.69. The van der Waals surface area contributed by atoms with Crippen molar-refractivity contribution in [1.29, 1.82) is 0 Å². The average molecular weight is 345 g/mol. The molecule has 1 fully saturated rings. The number of rotatable bonds is 5. The van der Waals surface area contributed by atoms with E-state index in [-0.39, 0.29) is 23.8 Å². The Labute approximate surface area is 145 Å². The molecular formula is C18H20FN3O3. The molecule has 25 heavy (non-hydrogen) atoms. The standard InChI is InChI=1S/C18H20FN3O3/c1-3-12-5-6-14(17(19)21-12)16-15(18(23)25-4-2)11-20-22(16)13-7-9-24-10-8-13/h3,5-6,11,13H,1,4,7-10H2,2H3. The third-order valence-corrected chi connectivity index (χ3v) is 4.16. The fourth-order valence-electron chi connectivity index (χ4n) is 2.93. The van der Waals surface area contributed by atoms with Crippen molar-refractivity contribution < 1.29 is 18.7 Å². The Kier molecular flexibility index (Phi) is 5.23. The highest BCUT2D eigenvalue weighted by Gasteiger charge is 2.27. The van der Waals surface area contributed by atoms with E-state index in [1.165, 1.54) is 12.3 Å². The fourth-order valence-corrected chi connectivity index (χ4v) is 2.93. The molecule has 7 heteroatoms.